The number of unbranched alkanes of at least 4 members (excludes halogenated alkanes) is 38. The summed E-state index contributed by atoms with van der Waals surface area (Å²) in [6.07, 6.45) is 53.5. The summed E-state index contributed by atoms with van der Waals surface area (Å²) < 4.78 is 21.9. The highest BCUT2D eigenvalue weighted by Crippen LogP contribution is 2.16. The van der Waals surface area contributed by atoms with Crippen LogP contribution >= 0.6 is 0 Å². The highest BCUT2D eigenvalue weighted by Gasteiger charge is 2.13. The van der Waals surface area contributed by atoms with E-state index in [1.165, 1.54) is 180 Å². The van der Waals surface area contributed by atoms with E-state index >= 15 is 0 Å². The first kappa shape index (κ1) is 69.8. The van der Waals surface area contributed by atoms with Crippen LogP contribution in [0, 0.1) is 0 Å². The molecule has 0 spiro atoms. The second kappa shape index (κ2) is 58.1. The first-order valence-corrected chi connectivity index (χ1v) is 31.3. The van der Waals surface area contributed by atoms with Gasteiger partial charge >= 0.3 is 23.9 Å². The van der Waals surface area contributed by atoms with Crippen molar-refractivity contribution in [2.75, 3.05) is 66.7 Å². The predicted octanol–water partition coefficient (Wildman–Crippen LogP) is 17.0. The molecule has 72 heavy (non-hydrogen) atoms. The van der Waals surface area contributed by atoms with E-state index in [0.29, 0.717) is 65.2 Å². The molecular weight excluding hydrogens is 901 g/mol. The Labute approximate surface area is 446 Å². The molecule has 0 heterocycles. The van der Waals surface area contributed by atoms with Gasteiger partial charge in [0, 0.05) is 39.0 Å². The van der Waals surface area contributed by atoms with Crippen LogP contribution in [0.15, 0.2) is 0 Å². The highest BCUT2D eigenvalue weighted by molar-refractivity contribution is 5.70. The van der Waals surface area contributed by atoms with Crippen LogP contribution in [0.25, 0.3) is 0 Å². The number of hydrogen-bond donors (Lipinski definition) is 0. The fourth-order valence-electron chi connectivity index (χ4n) is 9.31. The van der Waals surface area contributed by atoms with Crippen molar-refractivity contribution in [1.82, 2.24) is 9.80 Å². The number of likely N-dealkylation sites (N-methyl/N-ethyl adjacent to an activating group) is 1. The summed E-state index contributed by atoms with van der Waals surface area (Å²) in [5, 5.41) is 0. The van der Waals surface area contributed by atoms with E-state index in [-0.39, 0.29) is 23.9 Å². The second-order valence-electron chi connectivity index (χ2n) is 21.7. The number of nitrogens with zero attached hydrogens (tertiary/aromatic N) is 2. The molecule has 0 N–H and O–H groups in total. The molecule has 426 valence electrons. The van der Waals surface area contributed by atoms with Gasteiger partial charge in [-0.3, -0.25) is 19.2 Å². The minimum Gasteiger partial charge on any atom is -0.466 e. The topological polar surface area (TPSA) is 112 Å². The lowest BCUT2D eigenvalue weighted by atomic mass is 10.0. The third-order valence-electron chi connectivity index (χ3n) is 14.2. The molecule has 0 aromatic carbocycles. The van der Waals surface area contributed by atoms with Crippen molar-refractivity contribution in [3.8, 4) is 0 Å². The van der Waals surface area contributed by atoms with E-state index in [2.05, 4.69) is 23.6 Å². The first-order valence-electron chi connectivity index (χ1n) is 31.3. The van der Waals surface area contributed by atoms with Crippen LogP contribution < -0.4 is 0 Å². The zero-order valence-corrected chi connectivity index (χ0v) is 48.3. The maximum absolute atomic E-state index is 12.5. The Balaban J connectivity index is 3.70. The number of carbonyl (C=O) groups is 4. The van der Waals surface area contributed by atoms with Crippen LogP contribution in [0.1, 0.15) is 309 Å². The largest absolute Gasteiger partial charge is 0.466 e. The molecule has 10 heteroatoms. The average molecular weight is 1020 g/mol. The van der Waals surface area contributed by atoms with Crippen LogP contribution in [0.2, 0.25) is 0 Å². The number of ether oxygens (including phenoxy) is 4. The van der Waals surface area contributed by atoms with Crippen molar-refractivity contribution in [2.24, 2.45) is 0 Å². The molecular formula is C62H120N2O8. The van der Waals surface area contributed by atoms with Gasteiger partial charge in [-0.05, 0) is 52.6 Å². The Hall–Kier alpha value is -2.20. The third-order valence-corrected chi connectivity index (χ3v) is 14.2. The zero-order chi connectivity index (χ0) is 52.5. The molecule has 0 rings (SSSR count). The van der Waals surface area contributed by atoms with Gasteiger partial charge in [0.25, 0.3) is 0 Å². The molecule has 0 amide bonds. The number of carbonyl (C=O) groups excluding carboxylic acids is 4. The van der Waals surface area contributed by atoms with Crippen molar-refractivity contribution < 1.29 is 38.1 Å². The van der Waals surface area contributed by atoms with Crippen LogP contribution in [-0.2, 0) is 38.1 Å². The van der Waals surface area contributed by atoms with E-state index in [1.54, 1.807) is 0 Å². The molecule has 0 atom stereocenters. The number of hydrogen-bond acceptors (Lipinski definition) is 10. The van der Waals surface area contributed by atoms with Gasteiger partial charge in [-0.2, -0.15) is 0 Å². The summed E-state index contributed by atoms with van der Waals surface area (Å²) in [7, 11) is 4.04. The van der Waals surface area contributed by atoms with Gasteiger partial charge in [-0.25, -0.2) is 0 Å². The minimum atomic E-state index is -0.206. The minimum absolute atomic E-state index is 0.0776. The average Bonchev–Trinajstić information content (AvgIpc) is 3.37. The summed E-state index contributed by atoms with van der Waals surface area (Å²) in [5.74, 6) is -0.568. The van der Waals surface area contributed by atoms with Crippen molar-refractivity contribution >= 4 is 23.9 Å². The summed E-state index contributed by atoms with van der Waals surface area (Å²) in [6.45, 7) is 9.16. The summed E-state index contributed by atoms with van der Waals surface area (Å²) in [5.41, 5.74) is 0. The predicted molar refractivity (Wildman–Crippen MR) is 303 cm³/mol. The quantitative estimate of drug-likeness (QED) is 0.0332. The van der Waals surface area contributed by atoms with Gasteiger partial charge in [-0.1, -0.05) is 245 Å². The van der Waals surface area contributed by atoms with Crippen molar-refractivity contribution in [3.63, 3.8) is 0 Å². The Bertz CT molecular complexity index is 1090. The van der Waals surface area contributed by atoms with E-state index in [9.17, 15) is 19.2 Å². The lowest BCUT2D eigenvalue weighted by molar-refractivity contribution is -0.145. The highest BCUT2D eigenvalue weighted by atomic mass is 16.5. The van der Waals surface area contributed by atoms with E-state index in [4.69, 9.17) is 18.9 Å². The molecule has 0 radical (unpaired) electrons. The second-order valence-corrected chi connectivity index (χ2v) is 21.7. The SMILES string of the molecule is CCCCCCCCCCCCCCCCCCOC(=O)CCCCCCCOC(=O)CCN(CCC(=O)OCCCCCCCC(=O)OCCCCCCCCCCCCCCCCCC)CCN(C)C. The molecule has 0 aliphatic heterocycles. The smallest absolute Gasteiger partial charge is 0.307 e. The molecule has 0 bridgehead atoms. The fourth-order valence-corrected chi connectivity index (χ4v) is 9.31. The molecule has 0 saturated heterocycles. The maximum Gasteiger partial charge on any atom is 0.307 e. The van der Waals surface area contributed by atoms with Crippen LogP contribution in [0.3, 0.4) is 0 Å². The summed E-state index contributed by atoms with van der Waals surface area (Å²) in [6, 6.07) is 0. The Morgan fingerprint density at radius 2 is 0.458 bits per heavy atom. The monoisotopic (exact) mass is 1020 g/mol. The molecule has 10 nitrogen and oxygen atoms in total. The Morgan fingerprint density at radius 3 is 0.694 bits per heavy atom. The molecule has 0 saturated carbocycles. The van der Waals surface area contributed by atoms with Gasteiger partial charge in [0.15, 0.2) is 0 Å². The van der Waals surface area contributed by atoms with E-state index in [1.807, 2.05) is 14.1 Å². The first-order chi connectivity index (χ1) is 35.3. The zero-order valence-electron chi connectivity index (χ0n) is 48.3. The molecule has 0 aromatic heterocycles. The summed E-state index contributed by atoms with van der Waals surface area (Å²) in [4.78, 5) is 53.6. The lowest BCUT2D eigenvalue weighted by Crippen LogP contribution is -2.35. The standard InChI is InChI=1S/C62H120N2O8/c1-5-7-9-11-13-15-17-19-21-23-25-27-29-31-37-43-55-69-59(65)47-41-35-33-39-45-57-71-61(67)49-51-64(54-53-63(3)4)52-50-62(68)72-58-46-40-34-36-42-48-60(66)70-56-44-38-32-30-28-26-24-22-20-18-16-14-12-10-8-6-2/h5-58H2,1-4H3. The van der Waals surface area contributed by atoms with Gasteiger partial charge in [0.05, 0.1) is 39.3 Å². The maximum atomic E-state index is 12.5. The van der Waals surface area contributed by atoms with E-state index < -0.39 is 0 Å². The van der Waals surface area contributed by atoms with Gasteiger partial charge < -0.3 is 28.7 Å². The normalized spacial score (nSPS) is 11.5. The van der Waals surface area contributed by atoms with Gasteiger partial charge in [-0.15, -0.1) is 0 Å². The van der Waals surface area contributed by atoms with Gasteiger partial charge in [0.1, 0.15) is 0 Å². The molecule has 0 aliphatic rings. The number of rotatable bonds is 59. The van der Waals surface area contributed by atoms with Gasteiger partial charge in [0.2, 0.25) is 0 Å². The van der Waals surface area contributed by atoms with Crippen LogP contribution in [0.5, 0.6) is 0 Å². The van der Waals surface area contributed by atoms with Crippen molar-refractivity contribution in [3.05, 3.63) is 0 Å². The Kier molecular flexibility index (Phi) is 56.3. The van der Waals surface area contributed by atoms with E-state index in [0.717, 1.165) is 103 Å². The molecule has 0 unspecified atom stereocenters. The lowest BCUT2D eigenvalue weighted by Gasteiger charge is -2.23. The Morgan fingerprint density at radius 1 is 0.250 bits per heavy atom. The molecule has 0 aliphatic carbocycles. The van der Waals surface area contributed by atoms with Crippen LogP contribution in [-0.4, -0.2) is 100 Å². The number of esters is 4. The molecule has 0 fully saturated rings. The van der Waals surface area contributed by atoms with Crippen LogP contribution in [0.4, 0.5) is 0 Å². The van der Waals surface area contributed by atoms with Crippen molar-refractivity contribution in [2.45, 2.75) is 309 Å². The third kappa shape index (κ3) is 57.1. The fraction of sp³-hybridized carbons (Fsp3) is 0.935. The van der Waals surface area contributed by atoms with Crippen molar-refractivity contribution in [1.29, 1.82) is 0 Å². The molecule has 0 aromatic rings. The summed E-state index contributed by atoms with van der Waals surface area (Å²) >= 11 is 0.